The Labute approximate surface area is 350 Å². The number of fused-ring (bicyclic) bond motifs is 4. The number of para-hydroxylation sites is 3. The topological polar surface area (TPSA) is 8.17 Å². The number of anilines is 3. The molecule has 60 heavy (non-hydrogen) atoms. The van der Waals surface area contributed by atoms with Crippen LogP contribution in [0, 0.1) is 0 Å². The molecule has 1 heterocycles. The van der Waals surface area contributed by atoms with E-state index in [0.29, 0.717) is 0 Å². The van der Waals surface area contributed by atoms with Crippen molar-refractivity contribution in [1.82, 2.24) is 4.57 Å². The number of aromatic nitrogens is 1. The molecule has 0 aliphatic carbocycles. The van der Waals surface area contributed by atoms with E-state index >= 15 is 0 Å². The minimum atomic E-state index is 1.09. The molecule has 0 spiro atoms. The van der Waals surface area contributed by atoms with Crippen molar-refractivity contribution in [2.75, 3.05) is 4.90 Å². The Morgan fingerprint density at radius 1 is 0.283 bits per heavy atom. The first kappa shape index (κ1) is 35.2. The molecule has 0 bridgehead atoms. The van der Waals surface area contributed by atoms with Crippen LogP contribution in [0.4, 0.5) is 17.1 Å². The molecule has 0 amide bonds. The number of nitrogens with zero attached hydrogens (tertiary/aromatic N) is 2. The highest BCUT2D eigenvalue weighted by molar-refractivity contribution is 6.23. The Morgan fingerprint density at radius 3 is 1.42 bits per heavy atom. The Hall–Kier alpha value is -7.94. The summed E-state index contributed by atoms with van der Waals surface area (Å²) in [6.07, 6.45) is 0. The molecule has 10 aromatic carbocycles. The largest absolute Gasteiger partial charge is 0.310 e. The van der Waals surface area contributed by atoms with Gasteiger partial charge in [0.25, 0.3) is 0 Å². The number of benzene rings is 10. The van der Waals surface area contributed by atoms with Crippen LogP contribution in [0.25, 0.3) is 82.8 Å². The second-order valence-electron chi connectivity index (χ2n) is 15.4. The smallest absolute Gasteiger partial charge is 0.0553 e. The van der Waals surface area contributed by atoms with Gasteiger partial charge in [-0.05, 0) is 134 Å². The minimum Gasteiger partial charge on any atom is -0.310 e. The van der Waals surface area contributed by atoms with Crippen molar-refractivity contribution >= 4 is 49.6 Å². The van der Waals surface area contributed by atoms with Gasteiger partial charge >= 0.3 is 0 Å². The second kappa shape index (κ2) is 15.1. The first-order chi connectivity index (χ1) is 29.8. The first-order valence-corrected chi connectivity index (χ1v) is 20.6. The summed E-state index contributed by atoms with van der Waals surface area (Å²) in [5, 5.41) is 4.95. The molecule has 0 aliphatic heterocycles. The van der Waals surface area contributed by atoms with Crippen LogP contribution in [-0.2, 0) is 0 Å². The molecule has 0 radical (unpaired) electrons. The van der Waals surface area contributed by atoms with E-state index in [0.717, 1.165) is 22.7 Å². The van der Waals surface area contributed by atoms with Crippen molar-refractivity contribution < 1.29 is 0 Å². The van der Waals surface area contributed by atoms with Gasteiger partial charge in [-0.25, -0.2) is 0 Å². The highest BCUT2D eigenvalue weighted by Gasteiger charge is 2.21. The highest BCUT2D eigenvalue weighted by atomic mass is 15.1. The Kier molecular flexibility index (Phi) is 8.87. The van der Waals surface area contributed by atoms with Crippen LogP contribution in [0.2, 0.25) is 0 Å². The predicted octanol–water partition coefficient (Wildman–Crippen LogP) is 16.1. The minimum absolute atomic E-state index is 1.09. The third kappa shape index (κ3) is 6.32. The van der Waals surface area contributed by atoms with Gasteiger partial charge in [0.05, 0.1) is 11.0 Å². The van der Waals surface area contributed by atoms with Crippen LogP contribution in [0.5, 0.6) is 0 Å². The Morgan fingerprint density at radius 2 is 0.767 bits per heavy atom. The number of rotatable bonds is 8. The second-order valence-corrected chi connectivity index (χ2v) is 15.4. The van der Waals surface area contributed by atoms with Crippen molar-refractivity contribution in [2.45, 2.75) is 0 Å². The molecule has 0 N–H and O–H groups in total. The molecular weight excluding hydrogens is 725 g/mol. The van der Waals surface area contributed by atoms with E-state index in [-0.39, 0.29) is 0 Å². The quantitative estimate of drug-likeness (QED) is 0.150. The maximum absolute atomic E-state index is 2.42. The van der Waals surface area contributed by atoms with E-state index in [2.05, 4.69) is 252 Å². The van der Waals surface area contributed by atoms with Gasteiger partial charge in [0.1, 0.15) is 0 Å². The fourth-order valence-corrected chi connectivity index (χ4v) is 8.96. The maximum atomic E-state index is 2.42. The monoisotopic (exact) mass is 764 g/mol. The molecule has 0 fully saturated rings. The van der Waals surface area contributed by atoms with E-state index in [1.165, 1.54) is 77.1 Å². The third-order valence-electron chi connectivity index (χ3n) is 11.7. The van der Waals surface area contributed by atoms with Crippen molar-refractivity contribution in [1.29, 1.82) is 0 Å². The van der Waals surface area contributed by atoms with E-state index in [4.69, 9.17) is 0 Å². The standard InChI is InChI=1S/C58H40N2/c1-5-18-41(19-6-1)46-36-47(42-20-7-2-8-21-42)38-48(37-46)43-32-34-51(35-33-43)59(49-24-9-3-10-25-49)52-28-17-23-45(39-52)57-53-29-14-13-22-44(53)40-56-58(57)54-30-15-16-31-55(54)60(56)50-26-11-4-12-27-50/h1-40H. The molecule has 1 aromatic heterocycles. The fraction of sp³-hybridized carbons (Fsp3) is 0. The Balaban J connectivity index is 1.06. The number of hydrogen-bond acceptors (Lipinski definition) is 1. The summed E-state index contributed by atoms with van der Waals surface area (Å²) >= 11 is 0. The summed E-state index contributed by atoms with van der Waals surface area (Å²) < 4.78 is 2.42. The average Bonchev–Trinajstić information content (AvgIpc) is 3.66. The molecule has 282 valence electrons. The van der Waals surface area contributed by atoms with Crippen molar-refractivity contribution in [3.05, 3.63) is 243 Å². The highest BCUT2D eigenvalue weighted by Crippen LogP contribution is 2.45. The van der Waals surface area contributed by atoms with Gasteiger partial charge in [0.2, 0.25) is 0 Å². The van der Waals surface area contributed by atoms with Gasteiger partial charge < -0.3 is 9.47 Å². The van der Waals surface area contributed by atoms with Crippen LogP contribution in [0.15, 0.2) is 243 Å². The van der Waals surface area contributed by atoms with E-state index in [1.54, 1.807) is 0 Å². The third-order valence-corrected chi connectivity index (χ3v) is 11.7. The van der Waals surface area contributed by atoms with Gasteiger partial charge in [-0.1, -0.05) is 164 Å². The summed E-state index contributed by atoms with van der Waals surface area (Å²) in [6, 6.07) is 87.8. The van der Waals surface area contributed by atoms with Gasteiger partial charge in [-0.3, -0.25) is 0 Å². The molecular formula is C58H40N2. The first-order valence-electron chi connectivity index (χ1n) is 20.6. The summed E-state index contributed by atoms with van der Waals surface area (Å²) in [6.45, 7) is 0. The van der Waals surface area contributed by atoms with Crippen LogP contribution in [0.1, 0.15) is 0 Å². The lowest BCUT2D eigenvalue weighted by atomic mass is 9.92. The molecule has 0 saturated heterocycles. The van der Waals surface area contributed by atoms with Gasteiger partial charge in [0, 0.05) is 33.5 Å². The SMILES string of the molecule is c1ccc(-c2cc(-c3ccccc3)cc(-c3ccc(N(c4ccccc4)c4cccc(-c5c6ccccc6cc6c5c5ccccc5n6-c5ccccc5)c4)cc3)c2)cc1. The van der Waals surface area contributed by atoms with Gasteiger partial charge in [-0.15, -0.1) is 0 Å². The molecule has 2 heteroatoms. The maximum Gasteiger partial charge on any atom is 0.0553 e. The van der Waals surface area contributed by atoms with E-state index < -0.39 is 0 Å². The average molecular weight is 765 g/mol. The lowest BCUT2D eigenvalue weighted by Gasteiger charge is -2.26. The summed E-state index contributed by atoms with van der Waals surface area (Å²) in [5.41, 5.74) is 16.4. The zero-order valence-corrected chi connectivity index (χ0v) is 33.0. The lowest BCUT2D eigenvalue weighted by molar-refractivity contribution is 1.18. The van der Waals surface area contributed by atoms with Crippen LogP contribution in [-0.4, -0.2) is 4.57 Å². The molecule has 2 nitrogen and oxygen atoms in total. The normalized spacial score (nSPS) is 11.3. The van der Waals surface area contributed by atoms with E-state index in [1.807, 2.05) is 0 Å². The molecule has 11 rings (SSSR count). The van der Waals surface area contributed by atoms with Crippen LogP contribution >= 0.6 is 0 Å². The molecule has 0 atom stereocenters. The molecule has 0 aliphatic rings. The van der Waals surface area contributed by atoms with Crippen molar-refractivity contribution in [3.63, 3.8) is 0 Å². The van der Waals surface area contributed by atoms with Gasteiger partial charge in [0.15, 0.2) is 0 Å². The summed E-state index contributed by atoms with van der Waals surface area (Å²) in [5.74, 6) is 0. The summed E-state index contributed by atoms with van der Waals surface area (Å²) in [7, 11) is 0. The zero-order chi connectivity index (χ0) is 39.8. The number of hydrogen-bond donors (Lipinski definition) is 0. The molecule has 0 unspecified atom stereocenters. The zero-order valence-electron chi connectivity index (χ0n) is 33.0. The van der Waals surface area contributed by atoms with E-state index in [9.17, 15) is 0 Å². The lowest BCUT2D eigenvalue weighted by Crippen LogP contribution is -2.09. The Bertz CT molecular complexity index is 3220. The predicted molar refractivity (Wildman–Crippen MR) is 255 cm³/mol. The molecule has 11 aromatic rings. The summed E-state index contributed by atoms with van der Waals surface area (Å²) in [4.78, 5) is 2.37. The van der Waals surface area contributed by atoms with Crippen molar-refractivity contribution in [2.24, 2.45) is 0 Å². The fourth-order valence-electron chi connectivity index (χ4n) is 8.96. The van der Waals surface area contributed by atoms with Gasteiger partial charge in [-0.2, -0.15) is 0 Å². The molecule has 0 saturated carbocycles. The van der Waals surface area contributed by atoms with Crippen LogP contribution in [0.3, 0.4) is 0 Å². The van der Waals surface area contributed by atoms with Crippen molar-refractivity contribution in [3.8, 4) is 50.2 Å². The van der Waals surface area contributed by atoms with Crippen LogP contribution < -0.4 is 4.90 Å².